The topological polar surface area (TPSA) is 99.8 Å². The summed E-state index contributed by atoms with van der Waals surface area (Å²) in [6.45, 7) is 13.2. The average Bonchev–Trinajstić information content (AvgIpc) is 3.73. The molecule has 46 heavy (non-hydrogen) atoms. The molecule has 3 N–H and O–H groups in total. The summed E-state index contributed by atoms with van der Waals surface area (Å²) >= 11 is 9.53. The molecule has 8 nitrogen and oxygen atoms in total. The van der Waals surface area contributed by atoms with E-state index in [1.807, 2.05) is 20.8 Å². The molecule has 0 aromatic carbocycles. The molecule has 0 spiro atoms. The van der Waals surface area contributed by atoms with Gasteiger partial charge in [-0.25, -0.2) is 4.79 Å². The number of nitrogens with zero attached hydrogens (tertiary/aromatic N) is 1. The van der Waals surface area contributed by atoms with Crippen LogP contribution in [0.15, 0.2) is 0 Å². The molecule has 2 aliphatic rings. The van der Waals surface area contributed by atoms with Gasteiger partial charge in [-0.15, -0.1) is 23.2 Å². The quantitative estimate of drug-likeness (QED) is 0.0873. The predicted molar refractivity (Wildman–Crippen MR) is 195 cm³/mol. The molecule has 0 saturated carbocycles. The molecule has 0 radical (unpaired) electrons. The molecule has 2 aliphatic heterocycles. The van der Waals surface area contributed by atoms with Crippen molar-refractivity contribution in [1.82, 2.24) is 20.9 Å². The van der Waals surface area contributed by atoms with Crippen LogP contribution in [0.25, 0.3) is 0 Å². The summed E-state index contributed by atoms with van der Waals surface area (Å²) in [6.07, 6.45) is 23.9. The zero-order chi connectivity index (χ0) is 34.5. The number of ether oxygens (including phenoxy) is 1. The summed E-state index contributed by atoms with van der Waals surface area (Å²) in [5.41, 5.74) is -0.530. The molecular weight excluding hydrogens is 623 g/mol. The number of carbonyl (C=O) groups is 3. The van der Waals surface area contributed by atoms with Gasteiger partial charge in [0.15, 0.2) is 0 Å². The molecule has 0 bridgehead atoms. The fraction of sp³-hybridized carbons (Fsp3) is 0.917. The Morgan fingerprint density at radius 2 is 1.17 bits per heavy atom. The van der Waals surface area contributed by atoms with Crippen LogP contribution in [0.1, 0.15) is 163 Å². The van der Waals surface area contributed by atoms with Crippen molar-refractivity contribution in [1.29, 1.82) is 0 Å². The maximum absolute atomic E-state index is 12.4. The van der Waals surface area contributed by atoms with Crippen LogP contribution in [-0.4, -0.2) is 72.0 Å². The Morgan fingerprint density at radius 1 is 0.717 bits per heavy atom. The summed E-state index contributed by atoms with van der Waals surface area (Å²) in [6, 6.07) is -0.289. The maximum atomic E-state index is 12.4. The van der Waals surface area contributed by atoms with E-state index in [1.165, 1.54) is 83.5 Å². The second-order valence-corrected chi connectivity index (χ2v) is 14.4. The van der Waals surface area contributed by atoms with E-state index in [0.717, 1.165) is 58.0 Å². The zero-order valence-corrected chi connectivity index (χ0v) is 31.7. The molecule has 0 unspecified atom stereocenters. The molecule has 10 heteroatoms. The Kier molecular flexibility index (Phi) is 29.0. The van der Waals surface area contributed by atoms with Crippen LogP contribution in [-0.2, 0) is 14.3 Å². The highest BCUT2D eigenvalue weighted by molar-refractivity contribution is 6.40. The SMILES string of the molecule is CCCCCCCCCCNC(=O)[C@@H]1CCCN1.CCCCCCCCCCNC(=O)[C@@H]1CCCN1C(=O)OC(C)(C)C.ClCCl. The van der Waals surface area contributed by atoms with Gasteiger partial charge in [0, 0.05) is 19.6 Å². The molecule has 3 amide bonds. The molecule has 0 aromatic rings. The van der Waals surface area contributed by atoms with Crippen LogP contribution in [0.3, 0.4) is 0 Å². The van der Waals surface area contributed by atoms with E-state index in [9.17, 15) is 14.4 Å². The Hall–Kier alpha value is -1.25. The van der Waals surface area contributed by atoms with Crippen molar-refractivity contribution >= 4 is 41.1 Å². The van der Waals surface area contributed by atoms with Gasteiger partial charge >= 0.3 is 6.09 Å². The van der Waals surface area contributed by atoms with Crippen molar-refractivity contribution in [2.75, 3.05) is 31.5 Å². The summed E-state index contributed by atoms with van der Waals surface area (Å²) in [4.78, 5) is 37.9. The number of amides is 3. The number of hydrogen-bond acceptors (Lipinski definition) is 5. The Balaban J connectivity index is 0.000000846. The lowest BCUT2D eigenvalue weighted by molar-refractivity contribution is -0.125. The lowest BCUT2D eigenvalue weighted by atomic mass is 10.1. The molecule has 0 aliphatic carbocycles. The smallest absolute Gasteiger partial charge is 0.410 e. The van der Waals surface area contributed by atoms with E-state index in [2.05, 4.69) is 29.8 Å². The molecule has 2 heterocycles. The fourth-order valence-corrected chi connectivity index (χ4v) is 5.67. The van der Waals surface area contributed by atoms with Crippen LogP contribution in [0.4, 0.5) is 4.79 Å². The average molecular weight is 694 g/mol. The first-order valence-corrected chi connectivity index (χ1v) is 19.6. The van der Waals surface area contributed by atoms with E-state index >= 15 is 0 Å². The number of rotatable bonds is 20. The lowest BCUT2D eigenvalue weighted by Crippen LogP contribution is -2.47. The Morgan fingerprint density at radius 3 is 1.61 bits per heavy atom. The summed E-state index contributed by atoms with van der Waals surface area (Å²) in [5, 5.41) is 9.45. The van der Waals surface area contributed by atoms with E-state index in [0.29, 0.717) is 13.1 Å². The van der Waals surface area contributed by atoms with Crippen LogP contribution in [0.2, 0.25) is 0 Å². The van der Waals surface area contributed by atoms with Gasteiger partial charge in [0.25, 0.3) is 0 Å². The first-order chi connectivity index (χ1) is 22.1. The minimum Gasteiger partial charge on any atom is -0.444 e. The van der Waals surface area contributed by atoms with Crippen molar-refractivity contribution in [2.24, 2.45) is 0 Å². The number of hydrogen-bond donors (Lipinski definition) is 3. The highest BCUT2D eigenvalue weighted by atomic mass is 35.5. The fourth-order valence-electron chi connectivity index (χ4n) is 5.67. The van der Waals surface area contributed by atoms with Crippen molar-refractivity contribution in [3.8, 4) is 0 Å². The molecule has 2 saturated heterocycles. The largest absolute Gasteiger partial charge is 0.444 e. The third-order valence-electron chi connectivity index (χ3n) is 8.22. The van der Waals surface area contributed by atoms with Crippen LogP contribution >= 0.6 is 23.2 Å². The first-order valence-electron chi connectivity index (χ1n) is 18.5. The molecule has 0 aromatic heterocycles. The Labute approximate surface area is 292 Å². The van der Waals surface area contributed by atoms with Gasteiger partial charge in [-0.05, 0) is 65.8 Å². The van der Waals surface area contributed by atoms with Gasteiger partial charge < -0.3 is 20.7 Å². The minimum absolute atomic E-state index is 0.0358. The van der Waals surface area contributed by atoms with Crippen molar-refractivity contribution in [2.45, 2.75) is 181 Å². The van der Waals surface area contributed by atoms with Crippen LogP contribution < -0.4 is 16.0 Å². The molecule has 2 fully saturated rings. The van der Waals surface area contributed by atoms with E-state index in [-0.39, 0.29) is 35.3 Å². The van der Waals surface area contributed by atoms with E-state index < -0.39 is 5.60 Å². The summed E-state index contributed by atoms with van der Waals surface area (Å²) < 4.78 is 5.41. The number of nitrogens with one attached hydrogen (secondary N) is 3. The zero-order valence-electron chi connectivity index (χ0n) is 30.2. The highest BCUT2D eigenvalue weighted by Crippen LogP contribution is 2.21. The maximum Gasteiger partial charge on any atom is 0.410 e. The second-order valence-electron chi connectivity index (χ2n) is 13.6. The molecule has 2 atom stereocenters. The van der Waals surface area contributed by atoms with Gasteiger partial charge in [-0.1, -0.05) is 104 Å². The van der Waals surface area contributed by atoms with Crippen molar-refractivity contribution in [3.05, 3.63) is 0 Å². The summed E-state index contributed by atoms with van der Waals surface area (Å²) in [7, 11) is 0. The number of unbranched alkanes of at least 4 members (excludes halogenated alkanes) is 14. The van der Waals surface area contributed by atoms with Gasteiger partial charge in [-0.2, -0.15) is 0 Å². The third-order valence-corrected chi connectivity index (χ3v) is 8.22. The Bertz CT molecular complexity index is 761. The number of carbonyl (C=O) groups excluding carboxylic acids is 3. The van der Waals surface area contributed by atoms with E-state index in [1.54, 1.807) is 4.90 Å². The first kappa shape index (κ1) is 44.8. The summed E-state index contributed by atoms with van der Waals surface area (Å²) in [5.74, 6) is 0.168. The van der Waals surface area contributed by atoms with Crippen molar-refractivity contribution in [3.63, 3.8) is 0 Å². The lowest BCUT2D eigenvalue weighted by Gasteiger charge is -2.28. The molecule has 2 rings (SSSR count). The normalized spacial score (nSPS) is 17.4. The van der Waals surface area contributed by atoms with Gasteiger partial charge in [0.05, 0.1) is 11.4 Å². The van der Waals surface area contributed by atoms with Gasteiger partial charge in [0.1, 0.15) is 11.6 Å². The van der Waals surface area contributed by atoms with Crippen LogP contribution in [0.5, 0.6) is 0 Å². The predicted octanol–water partition coefficient (Wildman–Crippen LogP) is 9.06. The number of likely N-dealkylation sites (tertiary alicyclic amines) is 1. The molecule has 272 valence electrons. The van der Waals surface area contributed by atoms with Gasteiger partial charge in [-0.3, -0.25) is 14.5 Å². The standard InChI is InChI=1S/C20H38N2O3.C15H30N2O.CH2Cl2/c1-5-6-7-8-9-10-11-12-15-21-18(23)17-14-13-16-22(17)19(24)25-20(2,3)4;1-2-3-4-5-6-7-8-9-12-17-15(18)14-11-10-13-16-14;2-1-3/h17H,5-16H2,1-4H3,(H,21,23);14,16H,2-13H2,1H3,(H,17,18);1H2/t17-;14-;/m00./s1. The minimum atomic E-state index is -0.530. The number of halogens is 2. The highest BCUT2D eigenvalue weighted by Gasteiger charge is 2.36. The van der Waals surface area contributed by atoms with E-state index in [4.69, 9.17) is 27.9 Å². The monoisotopic (exact) mass is 692 g/mol. The second kappa shape index (κ2) is 29.9. The van der Waals surface area contributed by atoms with Crippen molar-refractivity contribution < 1.29 is 19.1 Å². The molecular formula is C36H70Cl2N4O4. The third kappa shape index (κ3) is 24.9. The van der Waals surface area contributed by atoms with Crippen LogP contribution in [0, 0.1) is 0 Å². The van der Waals surface area contributed by atoms with Gasteiger partial charge in [0.2, 0.25) is 11.8 Å². The number of alkyl halides is 2.